The van der Waals surface area contributed by atoms with Crippen LogP contribution in [0, 0.1) is 0 Å². The van der Waals surface area contributed by atoms with Crippen LogP contribution >= 0.6 is 0 Å². The fourth-order valence-corrected chi connectivity index (χ4v) is 3.30. The van der Waals surface area contributed by atoms with Crippen molar-refractivity contribution in [3.05, 3.63) is 46.4 Å². The van der Waals surface area contributed by atoms with Gasteiger partial charge in [-0.3, -0.25) is 9.59 Å². The number of carbonyl (C=O) groups is 1. The van der Waals surface area contributed by atoms with Crippen molar-refractivity contribution in [2.24, 2.45) is 0 Å². The van der Waals surface area contributed by atoms with Crippen LogP contribution in [0.5, 0.6) is 0 Å². The number of nitrogens with zero attached hydrogens (tertiary/aromatic N) is 4. The lowest BCUT2D eigenvalue weighted by atomic mass is 10.0. The first kappa shape index (κ1) is 15.1. The lowest BCUT2D eigenvalue weighted by molar-refractivity contribution is -0.130. The molecule has 1 aromatic carbocycles. The van der Waals surface area contributed by atoms with E-state index in [-0.39, 0.29) is 18.0 Å². The molecule has 0 radical (unpaired) electrons. The Bertz CT molecular complexity index is 867. The predicted molar refractivity (Wildman–Crippen MR) is 90.2 cm³/mol. The van der Waals surface area contributed by atoms with Crippen LogP contribution in [-0.2, 0) is 11.3 Å². The summed E-state index contributed by atoms with van der Waals surface area (Å²) in [7, 11) is 0. The molecular formula is C18H20N4O2. The van der Waals surface area contributed by atoms with Crippen molar-refractivity contribution in [1.82, 2.24) is 19.9 Å². The van der Waals surface area contributed by atoms with E-state index >= 15 is 0 Å². The average molecular weight is 324 g/mol. The summed E-state index contributed by atoms with van der Waals surface area (Å²) in [6.07, 6.45) is 8.54. The minimum atomic E-state index is -0.262. The summed E-state index contributed by atoms with van der Waals surface area (Å²) in [5, 5.41) is 8.49. The average Bonchev–Trinajstić information content (AvgIpc) is 3.44. The molecule has 1 aromatic heterocycles. The number of hydrogen-bond acceptors (Lipinski definition) is 4. The highest BCUT2D eigenvalue weighted by molar-refractivity contribution is 5.80. The van der Waals surface area contributed by atoms with Gasteiger partial charge in [-0.25, -0.2) is 4.68 Å². The molecule has 0 saturated heterocycles. The van der Waals surface area contributed by atoms with Gasteiger partial charge >= 0.3 is 0 Å². The molecule has 24 heavy (non-hydrogen) atoms. The third-order valence-electron chi connectivity index (χ3n) is 4.67. The smallest absolute Gasteiger partial charge is 0.278 e. The van der Waals surface area contributed by atoms with Crippen LogP contribution in [-0.4, -0.2) is 31.8 Å². The largest absolute Gasteiger partial charge is 0.312 e. The van der Waals surface area contributed by atoms with Gasteiger partial charge in [0.05, 0.1) is 5.39 Å². The number of benzene rings is 1. The van der Waals surface area contributed by atoms with Crippen LogP contribution in [0.4, 0.5) is 0 Å². The Morgan fingerprint density at radius 3 is 2.83 bits per heavy atom. The van der Waals surface area contributed by atoms with E-state index in [2.05, 4.69) is 16.4 Å². The van der Waals surface area contributed by atoms with Gasteiger partial charge in [0.1, 0.15) is 12.1 Å². The van der Waals surface area contributed by atoms with E-state index in [1.54, 1.807) is 18.2 Å². The molecule has 2 aromatic rings. The molecule has 1 heterocycles. The molecule has 0 bridgehead atoms. The van der Waals surface area contributed by atoms with E-state index in [0.717, 1.165) is 37.8 Å². The minimum absolute atomic E-state index is 0.0511. The zero-order chi connectivity index (χ0) is 16.5. The van der Waals surface area contributed by atoms with Crippen molar-refractivity contribution >= 4 is 16.8 Å². The summed E-state index contributed by atoms with van der Waals surface area (Å²) in [5.74, 6) is -0.0580. The Kier molecular flexibility index (Phi) is 3.88. The van der Waals surface area contributed by atoms with E-state index in [9.17, 15) is 9.59 Å². The lowest BCUT2D eigenvalue weighted by Gasteiger charge is -2.27. The molecule has 2 aliphatic rings. The molecule has 124 valence electrons. The van der Waals surface area contributed by atoms with Crippen LogP contribution in [0.1, 0.15) is 38.5 Å². The first-order chi connectivity index (χ1) is 11.7. The Morgan fingerprint density at radius 2 is 2.08 bits per heavy atom. The van der Waals surface area contributed by atoms with Gasteiger partial charge in [0.2, 0.25) is 5.91 Å². The second kappa shape index (κ2) is 6.19. The first-order valence-electron chi connectivity index (χ1n) is 8.57. The van der Waals surface area contributed by atoms with Gasteiger partial charge in [-0.15, -0.1) is 5.10 Å². The fraction of sp³-hybridized carbons (Fsp3) is 0.444. The molecule has 1 fully saturated rings. The Balaban J connectivity index is 1.62. The normalized spacial score (nSPS) is 17.6. The molecule has 1 amide bonds. The highest BCUT2D eigenvalue weighted by Gasteiger charge is 2.35. The third kappa shape index (κ3) is 2.84. The Hall–Kier alpha value is -2.50. The summed E-state index contributed by atoms with van der Waals surface area (Å²) in [5.41, 5.74) is 1.41. The van der Waals surface area contributed by atoms with Crippen LogP contribution in [0.25, 0.3) is 10.9 Å². The Morgan fingerprint density at radius 1 is 1.25 bits per heavy atom. The number of carbonyl (C=O) groups excluding carboxylic acids is 1. The lowest BCUT2D eigenvalue weighted by Crippen LogP contribution is -2.39. The van der Waals surface area contributed by atoms with Crippen LogP contribution in [0.15, 0.2) is 40.8 Å². The molecule has 6 heteroatoms. The van der Waals surface area contributed by atoms with E-state index in [1.165, 1.54) is 11.1 Å². The summed E-state index contributed by atoms with van der Waals surface area (Å²) in [6, 6.07) is 7.37. The second-order valence-electron chi connectivity index (χ2n) is 6.51. The van der Waals surface area contributed by atoms with Gasteiger partial charge in [0, 0.05) is 11.7 Å². The zero-order valence-corrected chi connectivity index (χ0v) is 13.5. The monoisotopic (exact) mass is 324 g/mol. The molecule has 0 N–H and O–H groups in total. The fourth-order valence-electron chi connectivity index (χ4n) is 3.30. The molecule has 0 atom stereocenters. The van der Waals surface area contributed by atoms with Crippen molar-refractivity contribution < 1.29 is 4.79 Å². The number of amides is 1. The SMILES string of the molecule is O=C(Cn1nnc2ccccc2c1=O)N(C1=CCCCC1)C1CC1. The maximum atomic E-state index is 12.8. The van der Waals surface area contributed by atoms with Crippen molar-refractivity contribution in [2.75, 3.05) is 0 Å². The second-order valence-corrected chi connectivity index (χ2v) is 6.51. The molecule has 0 spiro atoms. The van der Waals surface area contributed by atoms with Gasteiger partial charge in [0.25, 0.3) is 5.56 Å². The van der Waals surface area contributed by atoms with Gasteiger partial charge < -0.3 is 4.90 Å². The van der Waals surface area contributed by atoms with E-state index in [1.807, 2.05) is 11.0 Å². The zero-order valence-electron chi connectivity index (χ0n) is 13.5. The van der Waals surface area contributed by atoms with Crippen molar-refractivity contribution in [2.45, 2.75) is 51.1 Å². The number of aromatic nitrogens is 3. The van der Waals surface area contributed by atoms with Crippen LogP contribution in [0.3, 0.4) is 0 Å². The molecular weight excluding hydrogens is 304 g/mol. The van der Waals surface area contributed by atoms with E-state index < -0.39 is 0 Å². The first-order valence-corrected chi connectivity index (χ1v) is 8.57. The third-order valence-corrected chi connectivity index (χ3v) is 4.67. The molecule has 1 saturated carbocycles. The molecule has 4 rings (SSSR count). The summed E-state index contributed by atoms with van der Waals surface area (Å²) in [4.78, 5) is 27.3. The maximum absolute atomic E-state index is 12.8. The number of fused-ring (bicyclic) bond motifs is 1. The van der Waals surface area contributed by atoms with Gasteiger partial charge in [-0.2, -0.15) is 0 Å². The quantitative estimate of drug-likeness (QED) is 0.865. The van der Waals surface area contributed by atoms with Crippen molar-refractivity contribution in [3.63, 3.8) is 0 Å². The minimum Gasteiger partial charge on any atom is -0.312 e. The van der Waals surface area contributed by atoms with Gasteiger partial charge in [-0.1, -0.05) is 23.4 Å². The highest BCUT2D eigenvalue weighted by atomic mass is 16.2. The Labute approximate surface area is 139 Å². The van der Waals surface area contributed by atoms with Crippen molar-refractivity contribution in [1.29, 1.82) is 0 Å². The number of rotatable bonds is 4. The molecule has 2 aliphatic carbocycles. The standard InChI is InChI=1S/C18H20N4O2/c23-17(22(14-10-11-14)13-6-2-1-3-7-13)12-21-18(24)15-8-4-5-9-16(15)19-20-21/h4-6,8-9,14H,1-3,7,10-12H2. The topological polar surface area (TPSA) is 68.1 Å². The van der Waals surface area contributed by atoms with Crippen LogP contribution in [0.2, 0.25) is 0 Å². The summed E-state index contributed by atoms with van der Waals surface area (Å²) >= 11 is 0. The van der Waals surface area contributed by atoms with Gasteiger partial charge in [-0.05, 0) is 50.7 Å². The maximum Gasteiger partial charge on any atom is 0.278 e. The highest BCUT2D eigenvalue weighted by Crippen LogP contribution is 2.33. The van der Waals surface area contributed by atoms with E-state index in [0.29, 0.717) is 16.9 Å². The van der Waals surface area contributed by atoms with E-state index in [4.69, 9.17) is 0 Å². The number of allylic oxidation sites excluding steroid dienone is 2. The number of hydrogen-bond donors (Lipinski definition) is 0. The predicted octanol–water partition coefficient (Wildman–Crippen LogP) is 2.24. The molecule has 0 aliphatic heterocycles. The van der Waals surface area contributed by atoms with Gasteiger partial charge in [0.15, 0.2) is 0 Å². The molecule has 0 unspecified atom stereocenters. The van der Waals surface area contributed by atoms with Crippen LogP contribution < -0.4 is 5.56 Å². The summed E-state index contributed by atoms with van der Waals surface area (Å²) in [6.45, 7) is -0.0511. The summed E-state index contributed by atoms with van der Waals surface area (Å²) < 4.78 is 1.18. The molecule has 6 nitrogen and oxygen atoms in total. The van der Waals surface area contributed by atoms with Crippen molar-refractivity contribution in [3.8, 4) is 0 Å².